The van der Waals surface area contributed by atoms with Gasteiger partial charge in [-0.05, 0) is 29.7 Å². The summed E-state index contributed by atoms with van der Waals surface area (Å²) in [6.07, 6.45) is 0.426. The molecule has 3 heteroatoms. The van der Waals surface area contributed by atoms with Gasteiger partial charge in [0.1, 0.15) is 0 Å². The van der Waals surface area contributed by atoms with Gasteiger partial charge < -0.3 is 10.6 Å². The highest BCUT2D eigenvalue weighted by atomic mass is 16.2. The number of likely N-dealkylation sites (N-methyl/N-ethyl adjacent to an activating group) is 1. The molecule has 2 rings (SSSR count). The van der Waals surface area contributed by atoms with Gasteiger partial charge >= 0.3 is 0 Å². The van der Waals surface area contributed by atoms with Gasteiger partial charge in [-0.1, -0.05) is 42.5 Å². The molecule has 0 aliphatic rings. The van der Waals surface area contributed by atoms with Crippen LogP contribution < -0.4 is 5.73 Å². The summed E-state index contributed by atoms with van der Waals surface area (Å²) < 4.78 is 0. The normalized spacial score (nSPS) is 10.3. The largest absolute Gasteiger partial charge is 0.398 e. The van der Waals surface area contributed by atoms with Crippen LogP contribution in [0.5, 0.6) is 0 Å². The molecule has 0 radical (unpaired) electrons. The van der Waals surface area contributed by atoms with Crippen molar-refractivity contribution in [3.63, 3.8) is 0 Å². The summed E-state index contributed by atoms with van der Waals surface area (Å²) in [6, 6.07) is 15.6. The highest BCUT2D eigenvalue weighted by Crippen LogP contribution is 2.14. The zero-order chi connectivity index (χ0) is 14.5. The molecule has 2 aromatic rings. The Bertz CT molecular complexity index is 607. The molecule has 1 amide bonds. The van der Waals surface area contributed by atoms with Crippen molar-refractivity contribution in [2.24, 2.45) is 0 Å². The van der Waals surface area contributed by atoms with Crippen LogP contribution in [-0.2, 0) is 17.8 Å². The Morgan fingerprint density at radius 2 is 1.65 bits per heavy atom. The van der Waals surface area contributed by atoms with Crippen molar-refractivity contribution in [1.82, 2.24) is 4.90 Å². The van der Waals surface area contributed by atoms with Crippen LogP contribution in [0.4, 0.5) is 5.69 Å². The van der Waals surface area contributed by atoms with E-state index in [0.29, 0.717) is 13.0 Å². The van der Waals surface area contributed by atoms with Gasteiger partial charge in [0.2, 0.25) is 5.91 Å². The number of rotatable bonds is 4. The van der Waals surface area contributed by atoms with Crippen LogP contribution in [0.15, 0.2) is 48.5 Å². The van der Waals surface area contributed by atoms with E-state index in [9.17, 15) is 4.79 Å². The van der Waals surface area contributed by atoms with Crippen LogP contribution in [0.3, 0.4) is 0 Å². The first kappa shape index (κ1) is 14.1. The number of carbonyl (C=O) groups is 1. The average molecular weight is 268 g/mol. The van der Waals surface area contributed by atoms with Crippen LogP contribution in [-0.4, -0.2) is 17.9 Å². The first-order valence-electron chi connectivity index (χ1n) is 6.70. The maximum absolute atomic E-state index is 12.3. The lowest BCUT2D eigenvalue weighted by molar-refractivity contribution is -0.129. The van der Waals surface area contributed by atoms with E-state index in [0.717, 1.165) is 22.4 Å². The molecule has 0 atom stereocenters. The molecule has 0 aromatic heterocycles. The van der Waals surface area contributed by atoms with Gasteiger partial charge in [-0.2, -0.15) is 0 Å². The van der Waals surface area contributed by atoms with E-state index in [-0.39, 0.29) is 5.91 Å². The average Bonchev–Trinajstić information content (AvgIpc) is 2.43. The standard InChI is InChI=1S/C17H20N2O/c1-13-7-3-4-8-14(13)11-17(20)19(2)12-15-9-5-6-10-16(15)18/h3-10H,11-12,18H2,1-2H3. The van der Waals surface area contributed by atoms with Crippen LogP contribution >= 0.6 is 0 Å². The SMILES string of the molecule is Cc1ccccc1CC(=O)N(C)Cc1ccccc1N. The van der Waals surface area contributed by atoms with Crippen LogP contribution in [0, 0.1) is 6.92 Å². The van der Waals surface area contributed by atoms with Crippen molar-refractivity contribution >= 4 is 11.6 Å². The quantitative estimate of drug-likeness (QED) is 0.867. The van der Waals surface area contributed by atoms with Gasteiger partial charge in [0.25, 0.3) is 0 Å². The van der Waals surface area contributed by atoms with Gasteiger partial charge in [0, 0.05) is 19.3 Å². The fourth-order valence-electron chi connectivity index (χ4n) is 2.13. The topological polar surface area (TPSA) is 46.3 Å². The number of amides is 1. The molecule has 0 aliphatic heterocycles. The Labute approximate surface area is 120 Å². The molecule has 0 spiro atoms. The van der Waals surface area contributed by atoms with Crippen molar-refractivity contribution in [1.29, 1.82) is 0 Å². The summed E-state index contributed by atoms with van der Waals surface area (Å²) in [5, 5.41) is 0. The van der Waals surface area contributed by atoms with E-state index < -0.39 is 0 Å². The number of para-hydroxylation sites is 1. The maximum Gasteiger partial charge on any atom is 0.227 e. The van der Waals surface area contributed by atoms with Crippen LogP contribution in [0.2, 0.25) is 0 Å². The minimum Gasteiger partial charge on any atom is -0.398 e. The van der Waals surface area contributed by atoms with Crippen molar-refractivity contribution in [2.75, 3.05) is 12.8 Å². The van der Waals surface area contributed by atoms with Crippen LogP contribution in [0.1, 0.15) is 16.7 Å². The van der Waals surface area contributed by atoms with E-state index in [4.69, 9.17) is 5.73 Å². The number of aryl methyl sites for hydroxylation is 1. The molecule has 0 fully saturated rings. The fourth-order valence-corrected chi connectivity index (χ4v) is 2.13. The minimum absolute atomic E-state index is 0.0996. The third kappa shape index (κ3) is 3.38. The predicted molar refractivity (Wildman–Crippen MR) is 82.2 cm³/mol. The second kappa shape index (κ2) is 6.24. The molecule has 0 heterocycles. The lowest BCUT2D eigenvalue weighted by atomic mass is 10.1. The van der Waals surface area contributed by atoms with Crippen molar-refractivity contribution in [3.8, 4) is 0 Å². The second-order valence-corrected chi connectivity index (χ2v) is 5.05. The third-order valence-electron chi connectivity index (χ3n) is 3.49. The predicted octanol–water partition coefficient (Wildman–Crippen LogP) is 2.78. The molecular weight excluding hydrogens is 248 g/mol. The number of hydrogen-bond acceptors (Lipinski definition) is 2. The summed E-state index contributed by atoms with van der Waals surface area (Å²) in [4.78, 5) is 14.0. The monoisotopic (exact) mass is 268 g/mol. The number of hydrogen-bond donors (Lipinski definition) is 1. The summed E-state index contributed by atoms with van der Waals surface area (Å²) in [7, 11) is 1.81. The second-order valence-electron chi connectivity index (χ2n) is 5.05. The Hall–Kier alpha value is -2.29. The zero-order valence-electron chi connectivity index (χ0n) is 12.0. The van der Waals surface area contributed by atoms with Crippen LogP contribution in [0.25, 0.3) is 0 Å². The molecule has 2 aromatic carbocycles. The Balaban J connectivity index is 2.03. The molecular formula is C17H20N2O. The van der Waals surface area contributed by atoms with E-state index in [1.807, 2.05) is 62.5 Å². The minimum atomic E-state index is 0.0996. The smallest absolute Gasteiger partial charge is 0.227 e. The van der Waals surface area contributed by atoms with E-state index >= 15 is 0 Å². The van der Waals surface area contributed by atoms with Gasteiger partial charge in [-0.15, -0.1) is 0 Å². The van der Waals surface area contributed by atoms with Crippen molar-refractivity contribution in [2.45, 2.75) is 19.9 Å². The van der Waals surface area contributed by atoms with Gasteiger partial charge in [0.05, 0.1) is 6.42 Å². The molecule has 104 valence electrons. The third-order valence-corrected chi connectivity index (χ3v) is 3.49. The number of anilines is 1. The molecule has 3 nitrogen and oxygen atoms in total. The molecule has 0 saturated carbocycles. The Kier molecular flexibility index (Phi) is 4.41. The van der Waals surface area contributed by atoms with E-state index in [2.05, 4.69) is 0 Å². The summed E-state index contributed by atoms with van der Waals surface area (Å²) in [6.45, 7) is 2.56. The lowest BCUT2D eigenvalue weighted by Gasteiger charge is -2.19. The van der Waals surface area contributed by atoms with E-state index in [1.165, 1.54) is 0 Å². The molecule has 20 heavy (non-hydrogen) atoms. The molecule has 0 saturated heterocycles. The van der Waals surface area contributed by atoms with Crippen molar-refractivity contribution < 1.29 is 4.79 Å². The number of nitrogen functional groups attached to an aromatic ring is 1. The van der Waals surface area contributed by atoms with Gasteiger partial charge in [-0.3, -0.25) is 4.79 Å². The summed E-state index contributed by atoms with van der Waals surface area (Å²) in [5.41, 5.74) is 9.83. The highest BCUT2D eigenvalue weighted by molar-refractivity contribution is 5.79. The van der Waals surface area contributed by atoms with E-state index in [1.54, 1.807) is 4.90 Å². The van der Waals surface area contributed by atoms with Gasteiger partial charge in [0.15, 0.2) is 0 Å². The molecule has 0 unspecified atom stereocenters. The number of carbonyl (C=O) groups excluding carboxylic acids is 1. The number of benzene rings is 2. The highest BCUT2D eigenvalue weighted by Gasteiger charge is 2.12. The first-order chi connectivity index (χ1) is 9.58. The Morgan fingerprint density at radius 3 is 2.30 bits per heavy atom. The lowest BCUT2D eigenvalue weighted by Crippen LogP contribution is -2.28. The van der Waals surface area contributed by atoms with Crippen molar-refractivity contribution in [3.05, 3.63) is 65.2 Å². The number of nitrogens with zero attached hydrogens (tertiary/aromatic N) is 1. The number of nitrogens with two attached hydrogens (primary N) is 1. The van der Waals surface area contributed by atoms with Gasteiger partial charge in [-0.25, -0.2) is 0 Å². The molecule has 2 N–H and O–H groups in total. The summed E-state index contributed by atoms with van der Waals surface area (Å²) in [5.74, 6) is 0.0996. The molecule has 0 bridgehead atoms. The zero-order valence-corrected chi connectivity index (χ0v) is 12.0. The Morgan fingerprint density at radius 1 is 1.05 bits per heavy atom. The maximum atomic E-state index is 12.3. The first-order valence-corrected chi connectivity index (χ1v) is 6.70. The summed E-state index contributed by atoms with van der Waals surface area (Å²) >= 11 is 0. The molecule has 0 aliphatic carbocycles. The fraction of sp³-hybridized carbons (Fsp3) is 0.235.